The van der Waals surface area contributed by atoms with Crippen molar-refractivity contribution in [2.45, 2.75) is 124 Å². The Kier molecular flexibility index (Phi) is 17.9. The van der Waals surface area contributed by atoms with Crippen LogP contribution < -0.4 is 16.0 Å². The van der Waals surface area contributed by atoms with Gasteiger partial charge in [0.15, 0.2) is 0 Å². The first-order valence-electron chi connectivity index (χ1n) is 18.2. The lowest BCUT2D eigenvalue weighted by molar-refractivity contribution is -0.127. The highest BCUT2D eigenvalue weighted by Gasteiger charge is 2.33. The Bertz CT molecular complexity index is 1110. The van der Waals surface area contributed by atoms with Crippen LogP contribution >= 0.6 is 0 Å². The molecule has 0 aromatic heterocycles. The number of carbonyl (C=O) groups is 3. The number of amides is 3. The number of methoxy groups -OCH3 is 1. The number of nitrogens with zero attached hydrogens (tertiary/aromatic N) is 1. The molecule has 1 fully saturated rings. The monoisotopic (exact) mass is 674 g/mol. The molecule has 0 saturated carbocycles. The van der Waals surface area contributed by atoms with Gasteiger partial charge in [-0.15, -0.1) is 0 Å². The Balaban J connectivity index is 2.14. The van der Waals surface area contributed by atoms with Crippen LogP contribution in [0.5, 0.6) is 0 Å². The minimum absolute atomic E-state index is 0.000826. The van der Waals surface area contributed by atoms with Crippen LogP contribution in [0.1, 0.15) is 110 Å². The minimum Gasteiger partial charge on any atom is -0.444 e. The first kappa shape index (κ1) is 41.5. The zero-order chi connectivity index (χ0) is 35.9. The molecule has 1 aromatic carbocycles. The molecule has 1 saturated heterocycles. The van der Waals surface area contributed by atoms with E-state index in [1.54, 1.807) is 27.9 Å². The summed E-state index contributed by atoms with van der Waals surface area (Å²) in [6.07, 6.45) is 4.03. The number of alkyl carbamates (subject to hydrolysis) is 1. The fourth-order valence-corrected chi connectivity index (χ4v) is 6.24. The van der Waals surface area contributed by atoms with E-state index in [0.717, 1.165) is 57.3 Å². The Morgan fingerprint density at radius 2 is 1.67 bits per heavy atom. The molecule has 10 heteroatoms. The van der Waals surface area contributed by atoms with E-state index in [-0.39, 0.29) is 36.0 Å². The van der Waals surface area contributed by atoms with Crippen molar-refractivity contribution >= 4 is 17.9 Å². The van der Waals surface area contributed by atoms with Gasteiger partial charge in [-0.2, -0.15) is 0 Å². The van der Waals surface area contributed by atoms with Gasteiger partial charge in [-0.1, -0.05) is 59.2 Å². The average molecular weight is 675 g/mol. The van der Waals surface area contributed by atoms with Crippen LogP contribution in [0.3, 0.4) is 0 Å². The standard InChI is InChI=1S/C38H66N4O6/c1-10-11-19-39-36(45)32(27(4)5)24-34(43)33(41-37(46)48-38(6,7)8)23-29(26(2)3)25-40-35(44)31-15-13-12-14-28(31)16-20-42-21-17-30(47-9)18-22-42/h12-15,26-27,29-30,32-34,43H,10-11,16-25H2,1-9H3,(H,39,45)(H,40,44)(H,41,46)/t29-,32+,33+,34+/m1/s1. The number of aliphatic hydroxyl groups excluding tert-OH is 1. The van der Waals surface area contributed by atoms with E-state index in [2.05, 4.69) is 41.6 Å². The predicted molar refractivity (Wildman–Crippen MR) is 192 cm³/mol. The van der Waals surface area contributed by atoms with Gasteiger partial charge >= 0.3 is 6.09 Å². The second kappa shape index (κ2) is 20.7. The summed E-state index contributed by atoms with van der Waals surface area (Å²) >= 11 is 0. The number of nitrogens with one attached hydrogen (secondary N) is 3. The van der Waals surface area contributed by atoms with Gasteiger partial charge in [0.05, 0.1) is 18.2 Å². The van der Waals surface area contributed by atoms with Crippen molar-refractivity contribution in [1.82, 2.24) is 20.9 Å². The van der Waals surface area contributed by atoms with E-state index in [0.29, 0.717) is 31.2 Å². The first-order chi connectivity index (χ1) is 22.6. The Labute approximate surface area is 290 Å². The third-order valence-electron chi connectivity index (χ3n) is 9.48. The van der Waals surface area contributed by atoms with E-state index in [9.17, 15) is 19.5 Å². The number of hydrogen-bond acceptors (Lipinski definition) is 7. The molecule has 1 aliphatic rings. The molecule has 0 aliphatic carbocycles. The van der Waals surface area contributed by atoms with E-state index < -0.39 is 29.8 Å². The van der Waals surface area contributed by atoms with Gasteiger partial charge in [-0.25, -0.2) is 4.79 Å². The number of hydrogen-bond donors (Lipinski definition) is 4. The Morgan fingerprint density at radius 3 is 2.25 bits per heavy atom. The summed E-state index contributed by atoms with van der Waals surface area (Å²) in [5.74, 6) is -0.548. The summed E-state index contributed by atoms with van der Waals surface area (Å²) in [7, 11) is 1.78. The lowest BCUT2D eigenvalue weighted by Crippen LogP contribution is -2.49. The third kappa shape index (κ3) is 14.8. The summed E-state index contributed by atoms with van der Waals surface area (Å²) < 4.78 is 11.1. The van der Waals surface area contributed by atoms with E-state index in [1.807, 2.05) is 38.1 Å². The molecule has 1 aliphatic heterocycles. The molecule has 274 valence electrons. The van der Waals surface area contributed by atoms with Gasteiger partial charge in [0.25, 0.3) is 5.91 Å². The average Bonchev–Trinajstić information content (AvgIpc) is 3.02. The van der Waals surface area contributed by atoms with Crippen LogP contribution in [-0.2, 0) is 20.7 Å². The number of aliphatic hydroxyl groups is 1. The van der Waals surface area contributed by atoms with Gasteiger partial charge < -0.3 is 35.4 Å². The summed E-state index contributed by atoms with van der Waals surface area (Å²) in [5, 5.41) is 20.6. The number of carbonyl (C=O) groups excluding carboxylic acids is 3. The van der Waals surface area contributed by atoms with Crippen molar-refractivity contribution in [3.63, 3.8) is 0 Å². The number of benzene rings is 1. The molecule has 1 aromatic rings. The molecule has 0 radical (unpaired) electrons. The molecule has 4 N–H and O–H groups in total. The van der Waals surface area contributed by atoms with Gasteiger partial charge in [0.1, 0.15) is 5.60 Å². The maximum Gasteiger partial charge on any atom is 0.407 e. The van der Waals surface area contributed by atoms with Crippen molar-refractivity contribution < 1.29 is 29.0 Å². The maximum atomic E-state index is 13.6. The van der Waals surface area contributed by atoms with Crippen LogP contribution in [-0.4, -0.2) is 91.6 Å². The molecule has 0 unspecified atom stereocenters. The molecule has 3 amide bonds. The van der Waals surface area contributed by atoms with Crippen molar-refractivity contribution in [1.29, 1.82) is 0 Å². The minimum atomic E-state index is -0.992. The number of ether oxygens (including phenoxy) is 2. The van der Waals surface area contributed by atoms with E-state index >= 15 is 0 Å². The molecule has 4 atom stereocenters. The van der Waals surface area contributed by atoms with Gasteiger partial charge in [-0.3, -0.25) is 9.59 Å². The van der Waals surface area contributed by atoms with Gasteiger partial charge in [0, 0.05) is 51.3 Å². The Hall–Kier alpha value is -2.69. The van der Waals surface area contributed by atoms with Crippen molar-refractivity contribution in [3.8, 4) is 0 Å². The van der Waals surface area contributed by atoms with Crippen LogP contribution in [0, 0.1) is 23.7 Å². The molecular weight excluding hydrogens is 608 g/mol. The SMILES string of the molecule is CCCCNC(=O)[C@@H](C[C@H](O)[C@H](C[C@H](CNC(=O)c1ccccc1CCN1CCC(OC)CC1)C(C)C)NC(=O)OC(C)(C)C)C(C)C. The molecule has 1 heterocycles. The largest absolute Gasteiger partial charge is 0.444 e. The molecule has 0 spiro atoms. The van der Waals surface area contributed by atoms with Crippen LogP contribution in [0.15, 0.2) is 24.3 Å². The maximum absolute atomic E-state index is 13.6. The predicted octanol–water partition coefficient (Wildman–Crippen LogP) is 5.56. The molecule has 0 bridgehead atoms. The van der Waals surface area contributed by atoms with E-state index in [4.69, 9.17) is 9.47 Å². The summed E-state index contributed by atoms with van der Waals surface area (Å²) in [6.45, 7) is 19.4. The van der Waals surface area contributed by atoms with Crippen LogP contribution in [0.4, 0.5) is 4.79 Å². The van der Waals surface area contributed by atoms with Crippen molar-refractivity contribution in [2.24, 2.45) is 23.7 Å². The molecule has 48 heavy (non-hydrogen) atoms. The normalized spacial score (nSPS) is 17.1. The molecule has 10 nitrogen and oxygen atoms in total. The lowest BCUT2D eigenvalue weighted by Gasteiger charge is -2.33. The highest BCUT2D eigenvalue weighted by molar-refractivity contribution is 5.95. The fourth-order valence-electron chi connectivity index (χ4n) is 6.24. The zero-order valence-corrected chi connectivity index (χ0v) is 31.3. The quantitative estimate of drug-likeness (QED) is 0.141. The van der Waals surface area contributed by atoms with Crippen molar-refractivity contribution in [3.05, 3.63) is 35.4 Å². The highest BCUT2D eigenvalue weighted by Crippen LogP contribution is 2.25. The van der Waals surface area contributed by atoms with Crippen LogP contribution in [0.2, 0.25) is 0 Å². The smallest absolute Gasteiger partial charge is 0.407 e. The molecular formula is C38H66N4O6. The van der Waals surface area contributed by atoms with Crippen molar-refractivity contribution in [2.75, 3.05) is 39.8 Å². The van der Waals surface area contributed by atoms with Gasteiger partial charge in [-0.05, 0) is 88.7 Å². The Morgan fingerprint density at radius 1 is 1.00 bits per heavy atom. The summed E-state index contributed by atoms with van der Waals surface area (Å²) in [5.41, 5.74) is 0.976. The second-order valence-corrected chi connectivity index (χ2v) is 15.2. The van der Waals surface area contributed by atoms with Gasteiger partial charge in [0.2, 0.25) is 5.91 Å². The lowest BCUT2D eigenvalue weighted by atomic mass is 9.82. The third-order valence-corrected chi connectivity index (χ3v) is 9.48. The fraction of sp³-hybridized carbons (Fsp3) is 0.763. The summed E-state index contributed by atoms with van der Waals surface area (Å²) in [6, 6.07) is 7.09. The highest BCUT2D eigenvalue weighted by atomic mass is 16.6. The van der Waals surface area contributed by atoms with Crippen LogP contribution in [0.25, 0.3) is 0 Å². The molecule has 2 rings (SSSR count). The number of likely N-dealkylation sites (tertiary alicyclic amines) is 1. The summed E-state index contributed by atoms with van der Waals surface area (Å²) in [4.78, 5) is 42.0. The number of unbranched alkanes of at least 4 members (excludes halogenated alkanes) is 1. The number of rotatable bonds is 19. The second-order valence-electron chi connectivity index (χ2n) is 15.2. The first-order valence-corrected chi connectivity index (χ1v) is 18.2. The van der Waals surface area contributed by atoms with E-state index in [1.165, 1.54) is 0 Å². The number of piperidine rings is 1. The topological polar surface area (TPSA) is 129 Å². The zero-order valence-electron chi connectivity index (χ0n) is 31.3.